The predicted molar refractivity (Wildman–Crippen MR) is 393 cm³/mol. The lowest BCUT2D eigenvalue weighted by atomic mass is 10.0. The zero-order valence-corrected chi connectivity index (χ0v) is 59.9. The molecular weight excluding hydrogens is 1090 g/mol. The molecule has 0 aliphatic heterocycles. The molecule has 6 heteroatoms. The van der Waals surface area contributed by atoms with Gasteiger partial charge in [0.15, 0.2) is 0 Å². The maximum atomic E-state index is 12.6. The van der Waals surface area contributed by atoms with Crippen LogP contribution in [0.3, 0.4) is 0 Å². The van der Waals surface area contributed by atoms with Crippen molar-refractivity contribution in [2.75, 3.05) is 13.2 Å². The van der Waals surface area contributed by atoms with Crippen LogP contribution in [-0.2, 0) is 14.3 Å². The molecule has 0 fully saturated rings. The monoisotopic (exact) mass is 1250 g/mol. The molecule has 0 aliphatic carbocycles. The van der Waals surface area contributed by atoms with Crippen molar-refractivity contribution in [3.63, 3.8) is 0 Å². The summed E-state index contributed by atoms with van der Waals surface area (Å²) in [6.07, 6.45) is 105. The number of carbonyl (C=O) groups is 2. The molecule has 0 saturated carbocycles. The van der Waals surface area contributed by atoms with Crippen LogP contribution in [0.15, 0.2) is 60.8 Å². The first-order chi connectivity index (χ1) is 44.0. The zero-order chi connectivity index (χ0) is 64.2. The molecule has 2 atom stereocenters. The van der Waals surface area contributed by atoms with Crippen molar-refractivity contribution in [3.8, 4) is 0 Å². The van der Waals surface area contributed by atoms with Crippen molar-refractivity contribution in [3.05, 3.63) is 60.8 Å². The second-order valence-electron chi connectivity index (χ2n) is 27.4. The number of nitrogens with one attached hydrogen (secondary N) is 1. The van der Waals surface area contributed by atoms with E-state index in [1.807, 2.05) is 6.08 Å². The summed E-state index contributed by atoms with van der Waals surface area (Å²) in [4.78, 5) is 24.6. The zero-order valence-electron chi connectivity index (χ0n) is 59.9. The number of aliphatic hydroxyl groups is 2. The van der Waals surface area contributed by atoms with Crippen molar-refractivity contribution in [2.45, 2.75) is 443 Å². The highest BCUT2D eigenvalue weighted by atomic mass is 16.5. The Labute approximate surface area is 556 Å². The number of carbonyl (C=O) groups excluding carboxylic acids is 2. The Morgan fingerprint density at radius 3 is 0.876 bits per heavy atom. The van der Waals surface area contributed by atoms with Crippen molar-refractivity contribution in [1.82, 2.24) is 5.32 Å². The Morgan fingerprint density at radius 2 is 0.562 bits per heavy atom. The van der Waals surface area contributed by atoms with Crippen LogP contribution >= 0.6 is 0 Å². The number of rotatable bonds is 75. The summed E-state index contributed by atoms with van der Waals surface area (Å²) in [6.45, 7) is 4.91. The Hall–Kier alpha value is -2.44. The van der Waals surface area contributed by atoms with Crippen molar-refractivity contribution >= 4 is 11.9 Å². The molecule has 0 aliphatic rings. The van der Waals surface area contributed by atoms with E-state index < -0.39 is 12.1 Å². The topological polar surface area (TPSA) is 95.9 Å². The summed E-state index contributed by atoms with van der Waals surface area (Å²) in [7, 11) is 0. The number of hydrogen-bond acceptors (Lipinski definition) is 5. The Kier molecular flexibility index (Phi) is 75.9. The van der Waals surface area contributed by atoms with Gasteiger partial charge in [-0.1, -0.05) is 383 Å². The van der Waals surface area contributed by atoms with Crippen molar-refractivity contribution < 1.29 is 24.5 Å². The Balaban J connectivity index is 3.41. The highest BCUT2D eigenvalue weighted by molar-refractivity contribution is 5.76. The molecule has 0 aromatic rings. The van der Waals surface area contributed by atoms with E-state index in [2.05, 4.69) is 67.8 Å². The third-order valence-corrected chi connectivity index (χ3v) is 18.5. The first-order valence-electron chi connectivity index (χ1n) is 40.1. The fraction of sp³-hybridized carbons (Fsp3) is 0.855. The summed E-state index contributed by atoms with van der Waals surface area (Å²) < 4.78 is 5.49. The molecular formula is C83H155NO5. The number of amides is 1. The van der Waals surface area contributed by atoms with Gasteiger partial charge in [0.05, 0.1) is 25.4 Å². The second kappa shape index (κ2) is 78.0. The van der Waals surface area contributed by atoms with E-state index in [-0.39, 0.29) is 18.5 Å². The summed E-state index contributed by atoms with van der Waals surface area (Å²) in [5.41, 5.74) is 0. The molecule has 0 saturated heterocycles. The molecule has 0 aromatic heterocycles. The molecule has 0 radical (unpaired) electrons. The minimum Gasteiger partial charge on any atom is -0.466 e. The van der Waals surface area contributed by atoms with Crippen LogP contribution in [0.5, 0.6) is 0 Å². The van der Waals surface area contributed by atoms with Crippen LogP contribution < -0.4 is 5.32 Å². The van der Waals surface area contributed by atoms with Gasteiger partial charge in [0, 0.05) is 12.8 Å². The van der Waals surface area contributed by atoms with Crippen LogP contribution in [0.1, 0.15) is 431 Å². The molecule has 3 N–H and O–H groups in total. The number of ether oxygens (including phenoxy) is 1. The number of hydrogen-bond donors (Lipinski definition) is 3. The molecule has 6 nitrogen and oxygen atoms in total. The van der Waals surface area contributed by atoms with E-state index in [0.29, 0.717) is 19.4 Å². The van der Waals surface area contributed by atoms with Gasteiger partial charge in [0.2, 0.25) is 5.91 Å². The molecule has 2 unspecified atom stereocenters. The van der Waals surface area contributed by atoms with Crippen LogP contribution in [0.2, 0.25) is 0 Å². The Morgan fingerprint density at radius 1 is 0.315 bits per heavy atom. The quantitative estimate of drug-likeness (QED) is 0.0320. The first kappa shape index (κ1) is 86.6. The summed E-state index contributed by atoms with van der Waals surface area (Å²) in [6, 6.07) is -0.629. The molecule has 522 valence electrons. The number of unbranched alkanes of at least 4 members (excludes halogenated alkanes) is 56. The van der Waals surface area contributed by atoms with E-state index in [9.17, 15) is 19.8 Å². The fourth-order valence-electron chi connectivity index (χ4n) is 12.4. The summed E-state index contributed by atoms with van der Waals surface area (Å²) >= 11 is 0. The average molecular weight is 1250 g/mol. The lowest BCUT2D eigenvalue weighted by Crippen LogP contribution is -2.45. The number of aliphatic hydroxyl groups excluding tert-OH is 2. The SMILES string of the molecule is CCCCC/C=C\C/C=C\CCCCCCCC(=O)OCCCCCCCCCCC/C=C\C/C=C\CCCCCCCCCCCCCCCCCCCC(=O)NC(CO)C(O)/C=C/CCCCCCCCCCCCCCCCCCCCCCCC. The minimum atomic E-state index is -0.846. The van der Waals surface area contributed by atoms with E-state index in [1.54, 1.807) is 6.08 Å². The maximum Gasteiger partial charge on any atom is 0.305 e. The van der Waals surface area contributed by atoms with Crippen molar-refractivity contribution in [1.29, 1.82) is 0 Å². The van der Waals surface area contributed by atoms with E-state index in [4.69, 9.17) is 4.74 Å². The maximum absolute atomic E-state index is 12.6. The molecule has 0 heterocycles. The van der Waals surface area contributed by atoms with Gasteiger partial charge in [-0.3, -0.25) is 9.59 Å². The summed E-state index contributed by atoms with van der Waals surface area (Å²) in [5, 5.41) is 23.3. The fourth-order valence-corrected chi connectivity index (χ4v) is 12.4. The van der Waals surface area contributed by atoms with Gasteiger partial charge >= 0.3 is 5.97 Å². The third-order valence-electron chi connectivity index (χ3n) is 18.5. The molecule has 0 spiro atoms. The lowest BCUT2D eigenvalue weighted by molar-refractivity contribution is -0.143. The largest absolute Gasteiger partial charge is 0.466 e. The molecule has 0 rings (SSSR count). The molecule has 89 heavy (non-hydrogen) atoms. The van der Waals surface area contributed by atoms with Gasteiger partial charge in [-0.15, -0.1) is 0 Å². The molecule has 1 amide bonds. The van der Waals surface area contributed by atoms with Gasteiger partial charge in [0.1, 0.15) is 0 Å². The first-order valence-corrected chi connectivity index (χ1v) is 40.1. The van der Waals surface area contributed by atoms with Crippen LogP contribution in [0.25, 0.3) is 0 Å². The average Bonchev–Trinajstić information content (AvgIpc) is 3.63. The highest BCUT2D eigenvalue weighted by Gasteiger charge is 2.18. The second-order valence-corrected chi connectivity index (χ2v) is 27.4. The lowest BCUT2D eigenvalue weighted by Gasteiger charge is -2.20. The number of esters is 1. The third kappa shape index (κ3) is 74.5. The number of allylic oxidation sites excluding steroid dienone is 9. The van der Waals surface area contributed by atoms with Gasteiger partial charge in [-0.25, -0.2) is 0 Å². The Bertz CT molecular complexity index is 1530. The van der Waals surface area contributed by atoms with Gasteiger partial charge in [-0.2, -0.15) is 0 Å². The van der Waals surface area contributed by atoms with Crippen molar-refractivity contribution in [2.24, 2.45) is 0 Å². The van der Waals surface area contributed by atoms with Crippen LogP contribution in [0, 0.1) is 0 Å². The molecule has 0 aromatic carbocycles. The summed E-state index contributed by atoms with van der Waals surface area (Å²) in [5.74, 6) is -0.0618. The van der Waals surface area contributed by atoms with Gasteiger partial charge in [0.25, 0.3) is 0 Å². The van der Waals surface area contributed by atoms with Gasteiger partial charge < -0.3 is 20.3 Å². The molecule has 0 bridgehead atoms. The van der Waals surface area contributed by atoms with E-state index in [0.717, 1.165) is 57.8 Å². The minimum absolute atomic E-state index is 0.0000868. The highest BCUT2D eigenvalue weighted by Crippen LogP contribution is 2.19. The normalized spacial score (nSPS) is 12.8. The van der Waals surface area contributed by atoms with E-state index in [1.165, 1.54) is 347 Å². The predicted octanol–water partition coefficient (Wildman–Crippen LogP) is 26.5. The van der Waals surface area contributed by atoms with Gasteiger partial charge in [-0.05, 0) is 96.3 Å². The standard InChI is InChI=1S/C83H155NO5/c1-3-5-7-9-11-13-15-17-19-20-21-22-23-35-38-41-44-48-51-55-59-63-67-71-75-81(86)80(79-85)84-82(87)76-72-68-64-60-56-52-49-45-42-39-36-33-31-29-27-25-24-26-28-30-32-34-37-40-43-46-50-54-58-62-66-70-74-78-89-83(88)77-73-69-65-61-57-53-47-18-16-14-12-10-8-6-4-2/h12,14,18,28,30,34,37,47,71,75,80-81,85-86H,3-11,13,15-17,19-27,29,31-33,35-36,38-46,48-70,72-74,76-79H2,1-2H3,(H,84,87)/b14-12-,30-28-,37-34-,47-18-,75-71+. The smallest absolute Gasteiger partial charge is 0.305 e. The van der Waals surface area contributed by atoms with Crippen LogP contribution in [-0.4, -0.2) is 47.4 Å². The van der Waals surface area contributed by atoms with E-state index >= 15 is 0 Å². The van der Waals surface area contributed by atoms with Crippen LogP contribution in [0.4, 0.5) is 0 Å².